The van der Waals surface area contributed by atoms with Gasteiger partial charge in [0.2, 0.25) is 0 Å². The minimum Gasteiger partial charge on any atom is -0.394 e. The molecule has 4 nitrogen and oxygen atoms in total. The van der Waals surface area contributed by atoms with E-state index in [2.05, 4.69) is 48.9 Å². The van der Waals surface area contributed by atoms with Gasteiger partial charge in [-0.3, -0.25) is 4.68 Å². The molecule has 1 atom stereocenters. The zero-order chi connectivity index (χ0) is 15.7. The van der Waals surface area contributed by atoms with E-state index < -0.39 is 0 Å². The summed E-state index contributed by atoms with van der Waals surface area (Å²) in [7, 11) is 0. The third-order valence-corrected chi connectivity index (χ3v) is 4.39. The summed E-state index contributed by atoms with van der Waals surface area (Å²) < 4.78 is 2.15. The molecule has 0 aromatic carbocycles. The predicted octanol–water partition coefficient (Wildman–Crippen LogP) is 2.93. The second-order valence-corrected chi connectivity index (χ2v) is 5.88. The van der Waals surface area contributed by atoms with Crippen LogP contribution in [0.2, 0.25) is 0 Å². The van der Waals surface area contributed by atoms with Gasteiger partial charge in [0.15, 0.2) is 0 Å². The van der Waals surface area contributed by atoms with Crippen molar-refractivity contribution in [3.05, 3.63) is 17.5 Å². The SMILES string of the molecule is CCCNC(CC)(CO)CCCn1nc(CC)cc1CC. The van der Waals surface area contributed by atoms with Crippen molar-refractivity contribution in [1.29, 1.82) is 0 Å². The van der Waals surface area contributed by atoms with Crippen molar-refractivity contribution >= 4 is 0 Å². The monoisotopic (exact) mass is 295 g/mol. The Hall–Kier alpha value is -0.870. The molecular weight excluding hydrogens is 262 g/mol. The summed E-state index contributed by atoms with van der Waals surface area (Å²) in [6.45, 7) is 10.8. The van der Waals surface area contributed by atoms with Crippen molar-refractivity contribution in [1.82, 2.24) is 15.1 Å². The predicted molar refractivity (Wildman–Crippen MR) is 88.6 cm³/mol. The number of aliphatic hydroxyl groups is 1. The maximum atomic E-state index is 9.76. The van der Waals surface area contributed by atoms with E-state index >= 15 is 0 Å². The number of nitrogens with one attached hydrogen (secondary N) is 1. The Balaban J connectivity index is 2.59. The molecule has 122 valence electrons. The highest BCUT2D eigenvalue weighted by Gasteiger charge is 2.25. The Bertz CT molecular complexity index is 397. The van der Waals surface area contributed by atoms with Crippen molar-refractivity contribution in [3.8, 4) is 0 Å². The third-order valence-electron chi connectivity index (χ3n) is 4.39. The topological polar surface area (TPSA) is 50.1 Å². The fourth-order valence-electron chi connectivity index (χ4n) is 2.76. The fourth-order valence-corrected chi connectivity index (χ4v) is 2.76. The van der Waals surface area contributed by atoms with E-state index in [1.54, 1.807) is 0 Å². The molecule has 2 N–H and O–H groups in total. The summed E-state index contributed by atoms with van der Waals surface area (Å²) in [5.41, 5.74) is 2.38. The smallest absolute Gasteiger partial charge is 0.0624 e. The van der Waals surface area contributed by atoms with Gasteiger partial charge >= 0.3 is 0 Å². The average molecular weight is 295 g/mol. The molecule has 1 heterocycles. The van der Waals surface area contributed by atoms with Crippen molar-refractivity contribution in [2.75, 3.05) is 13.2 Å². The number of rotatable bonds is 11. The number of aromatic nitrogens is 2. The molecule has 0 aliphatic carbocycles. The number of aliphatic hydroxyl groups excluding tert-OH is 1. The molecule has 0 saturated heterocycles. The maximum Gasteiger partial charge on any atom is 0.0624 e. The second kappa shape index (κ2) is 9.21. The molecule has 0 saturated carbocycles. The molecule has 0 fully saturated rings. The minimum atomic E-state index is -0.122. The van der Waals surface area contributed by atoms with Crippen LogP contribution >= 0.6 is 0 Å². The molecule has 1 rings (SSSR count). The quantitative estimate of drug-likeness (QED) is 0.660. The highest BCUT2D eigenvalue weighted by atomic mass is 16.3. The van der Waals surface area contributed by atoms with E-state index in [1.165, 1.54) is 11.4 Å². The van der Waals surface area contributed by atoms with E-state index in [4.69, 9.17) is 0 Å². The highest BCUT2D eigenvalue weighted by Crippen LogP contribution is 2.18. The molecule has 0 bridgehead atoms. The minimum absolute atomic E-state index is 0.122. The van der Waals surface area contributed by atoms with Crippen LogP contribution in [0.5, 0.6) is 0 Å². The van der Waals surface area contributed by atoms with Gasteiger partial charge < -0.3 is 10.4 Å². The first kappa shape index (κ1) is 18.2. The van der Waals surface area contributed by atoms with Crippen molar-refractivity contribution in [2.24, 2.45) is 0 Å². The lowest BCUT2D eigenvalue weighted by atomic mass is 9.91. The van der Waals surface area contributed by atoms with Crippen molar-refractivity contribution < 1.29 is 5.11 Å². The molecule has 0 amide bonds. The van der Waals surface area contributed by atoms with E-state index in [0.717, 1.165) is 51.6 Å². The van der Waals surface area contributed by atoms with Crippen LogP contribution in [-0.2, 0) is 19.4 Å². The molecule has 0 aliphatic rings. The molecule has 0 radical (unpaired) electrons. The number of nitrogens with zero attached hydrogens (tertiary/aromatic N) is 2. The lowest BCUT2D eigenvalue weighted by Crippen LogP contribution is -2.48. The normalized spacial score (nSPS) is 14.3. The van der Waals surface area contributed by atoms with Crippen LogP contribution in [0.15, 0.2) is 6.07 Å². The molecule has 0 aliphatic heterocycles. The molecule has 4 heteroatoms. The van der Waals surface area contributed by atoms with Gasteiger partial charge in [-0.25, -0.2) is 0 Å². The summed E-state index contributed by atoms with van der Waals surface area (Å²) >= 11 is 0. The standard InChI is InChI=1S/C17H33N3O/c1-5-11-18-17(8-4,14-21)10-9-12-20-16(7-3)13-15(6-2)19-20/h13,18,21H,5-12,14H2,1-4H3. The lowest BCUT2D eigenvalue weighted by molar-refractivity contribution is 0.142. The summed E-state index contributed by atoms with van der Waals surface area (Å²) in [6.07, 6.45) is 6.12. The zero-order valence-electron chi connectivity index (χ0n) is 14.3. The Morgan fingerprint density at radius 2 is 2.00 bits per heavy atom. The van der Waals surface area contributed by atoms with E-state index in [-0.39, 0.29) is 12.1 Å². The van der Waals surface area contributed by atoms with Gasteiger partial charge in [0, 0.05) is 17.8 Å². The first-order valence-corrected chi connectivity index (χ1v) is 8.56. The lowest BCUT2D eigenvalue weighted by Gasteiger charge is -2.32. The van der Waals surface area contributed by atoms with E-state index in [1.807, 2.05) is 0 Å². The van der Waals surface area contributed by atoms with Gasteiger partial charge in [-0.15, -0.1) is 0 Å². The summed E-state index contributed by atoms with van der Waals surface area (Å²) in [5.74, 6) is 0. The van der Waals surface area contributed by atoms with Gasteiger partial charge in [0.25, 0.3) is 0 Å². The van der Waals surface area contributed by atoms with Gasteiger partial charge in [0.1, 0.15) is 0 Å². The molecule has 1 unspecified atom stereocenters. The molecule has 21 heavy (non-hydrogen) atoms. The first-order valence-electron chi connectivity index (χ1n) is 8.56. The van der Waals surface area contributed by atoms with Crippen molar-refractivity contribution in [2.45, 2.75) is 78.3 Å². The summed E-state index contributed by atoms with van der Waals surface area (Å²) in [6, 6.07) is 2.22. The average Bonchev–Trinajstić information content (AvgIpc) is 2.93. The maximum absolute atomic E-state index is 9.76. The summed E-state index contributed by atoms with van der Waals surface area (Å²) in [4.78, 5) is 0. The van der Waals surface area contributed by atoms with Gasteiger partial charge in [0.05, 0.1) is 12.3 Å². The highest BCUT2D eigenvalue weighted by molar-refractivity contribution is 5.10. The third kappa shape index (κ3) is 5.11. The molecular formula is C17H33N3O. The van der Waals surface area contributed by atoms with E-state index in [9.17, 15) is 5.11 Å². The largest absolute Gasteiger partial charge is 0.394 e. The van der Waals surface area contributed by atoms with Crippen LogP contribution in [0.25, 0.3) is 0 Å². The second-order valence-electron chi connectivity index (χ2n) is 5.88. The molecule has 1 aromatic rings. The Labute approximate surface area is 129 Å². The van der Waals surface area contributed by atoms with Gasteiger partial charge in [-0.2, -0.15) is 5.10 Å². The van der Waals surface area contributed by atoms with Crippen LogP contribution in [-0.4, -0.2) is 33.6 Å². The Kier molecular flexibility index (Phi) is 7.97. The fraction of sp³-hybridized carbons (Fsp3) is 0.824. The van der Waals surface area contributed by atoms with Crippen LogP contribution in [0.4, 0.5) is 0 Å². The number of hydrogen-bond acceptors (Lipinski definition) is 3. The van der Waals surface area contributed by atoms with Crippen LogP contribution < -0.4 is 5.32 Å². The van der Waals surface area contributed by atoms with E-state index in [0.29, 0.717) is 0 Å². The summed E-state index contributed by atoms with van der Waals surface area (Å²) in [5, 5.41) is 18.0. The van der Waals surface area contributed by atoms with Crippen molar-refractivity contribution in [3.63, 3.8) is 0 Å². The number of aryl methyl sites for hydroxylation is 3. The van der Waals surface area contributed by atoms with Crippen LogP contribution in [0, 0.1) is 0 Å². The molecule has 1 aromatic heterocycles. The first-order chi connectivity index (χ1) is 10.1. The zero-order valence-corrected chi connectivity index (χ0v) is 14.3. The van der Waals surface area contributed by atoms with Gasteiger partial charge in [-0.05, 0) is 51.1 Å². The number of hydrogen-bond donors (Lipinski definition) is 2. The Morgan fingerprint density at radius 3 is 2.52 bits per heavy atom. The van der Waals surface area contributed by atoms with Crippen LogP contribution in [0.1, 0.15) is 64.8 Å². The van der Waals surface area contributed by atoms with Crippen LogP contribution in [0.3, 0.4) is 0 Å². The van der Waals surface area contributed by atoms with Gasteiger partial charge in [-0.1, -0.05) is 27.7 Å². The Morgan fingerprint density at radius 1 is 1.24 bits per heavy atom. The molecule has 0 spiro atoms.